The Balaban J connectivity index is 1.56. The summed E-state index contributed by atoms with van der Waals surface area (Å²) in [6.45, 7) is 1.96. The lowest BCUT2D eigenvalue weighted by Crippen LogP contribution is -2.37. The molecule has 2 heterocycles. The monoisotopic (exact) mass is 350 g/mol. The zero-order chi connectivity index (χ0) is 17.8. The van der Waals surface area contributed by atoms with Gasteiger partial charge in [-0.05, 0) is 73.9 Å². The van der Waals surface area contributed by atoms with Crippen molar-refractivity contribution in [3.63, 3.8) is 0 Å². The standard InChI is InChI=1S/C22H26N2O2/c25-22(19-11-10-17-6-1-2-7-18(17)14-19)24(16-21-9-5-13-26-21)15-20-8-3-4-12-23-20/h3-4,8,10-12,14,21H,1-2,5-7,9,13,15-16H2. The maximum atomic E-state index is 13.3. The molecule has 1 atom stereocenters. The molecular formula is C22H26N2O2. The molecule has 0 radical (unpaired) electrons. The molecule has 26 heavy (non-hydrogen) atoms. The van der Waals surface area contributed by atoms with Crippen molar-refractivity contribution in [1.29, 1.82) is 0 Å². The number of ether oxygens (including phenoxy) is 1. The van der Waals surface area contributed by atoms with E-state index in [4.69, 9.17) is 4.74 Å². The molecule has 1 aromatic heterocycles. The van der Waals surface area contributed by atoms with Gasteiger partial charge in [0.25, 0.3) is 5.91 Å². The van der Waals surface area contributed by atoms with Gasteiger partial charge in [0.1, 0.15) is 0 Å². The van der Waals surface area contributed by atoms with E-state index in [0.717, 1.165) is 43.5 Å². The van der Waals surface area contributed by atoms with Crippen LogP contribution in [-0.4, -0.2) is 35.0 Å². The molecule has 1 saturated heterocycles. The van der Waals surface area contributed by atoms with Crippen molar-refractivity contribution in [1.82, 2.24) is 9.88 Å². The number of benzene rings is 1. The molecule has 0 saturated carbocycles. The van der Waals surface area contributed by atoms with Crippen molar-refractivity contribution < 1.29 is 9.53 Å². The number of aryl methyl sites for hydroxylation is 2. The van der Waals surface area contributed by atoms with Crippen molar-refractivity contribution >= 4 is 5.91 Å². The minimum absolute atomic E-state index is 0.0829. The molecule has 0 bridgehead atoms. The van der Waals surface area contributed by atoms with Crippen LogP contribution < -0.4 is 0 Å². The molecule has 2 aliphatic rings. The molecule has 1 aromatic carbocycles. The molecule has 136 valence electrons. The molecule has 0 spiro atoms. The maximum Gasteiger partial charge on any atom is 0.254 e. The molecule has 1 unspecified atom stereocenters. The fraction of sp³-hybridized carbons (Fsp3) is 0.455. The van der Waals surface area contributed by atoms with E-state index in [1.165, 1.54) is 24.0 Å². The molecule has 1 aliphatic heterocycles. The summed E-state index contributed by atoms with van der Waals surface area (Å²) in [5.74, 6) is 0.0829. The number of carbonyl (C=O) groups excluding carboxylic acids is 1. The number of rotatable bonds is 5. The van der Waals surface area contributed by atoms with Crippen LogP contribution in [0, 0.1) is 0 Å². The summed E-state index contributed by atoms with van der Waals surface area (Å²) in [4.78, 5) is 19.6. The van der Waals surface area contributed by atoms with Crippen LogP contribution >= 0.6 is 0 Å². The van der Waals surface area contributed by atoms with Crippen LogP contribution in [0.5, 0.6) is 0 Å². The molecule has 1 aliphatic carbocycles. The molecule has 2 aromatic rings. The minimum atomic E-state index is 0.0829. The van der Waals surface area contributed by atoms with Gasteiger partial charge in [-0.3, -0.25) is 9.78 Å². The van der Waals surface area contributed by atoms with E-state index in [1.807, 2.05) is 29.2 Å². The number of amides is 1. The Labute approximate surface area is 155 Å². The Morgan fingerprint density at radius 1 is 1.12 bits per heavy atom. The van der Waals surface area contributed by atoms with Gasteiger partial charge in [-0.15, -0.1) is 0 Å². The lowest BCUT2D eigenvalue weighted by Gasteiger charge is -2.26. The summed E-state index contributed by atoms with van der Waals surface area (Å²) in [6, 6.07) is 12.1. The lowest BCUT2D eigenvalue weighted by atomic mass is 9.90. The van der Waals surface area contributed by atoms with Crippen molar-refractivity contribution in [2.45, 2.75) is 51.2 Å². The van der Waals surface area contributed by atoms with Gasteiger partial charge in [0, 0.05) is 24.9 Å². The van der Waals surface area contributed by atoms with E-state index in [0.29, 0.717) is 13.1 Å². The minimum Gasteiger partial charge on any atom is -0.376 e. The summed E-state index contributed by atoms with van der Waals surface area (Å²) >= 11 is 0. The van der Waals surface area contributed by atoms with Crippen molar-refractivity contribution in [2.24, 2.45) is 0 Å². The van der Waals surface area contributed by atoms with Crippen LogP contribution in [0.15, 0.2) is 42.6 Å². The highest BCUT2D eigenvalue weighted by Gasteiger charge is 2.24. The van der Waals surface area contributed by atoms with Gasteiger partial charge in [0.05, 0.1) is 18.3 Å². The van der Waals surface area contributed by atoms with Crippen LogP contribution in [0.1, 0.15) is 52.9 Å². The average molecular weight is 350 g/mol. The Morgan fingerprint density at radius 2 is 2.00 bits per heavy atom. The highest BCUT2D eigenvalue weighted by molar-refractivity contribution is 5.94. The second-order valence-electron chi connectivity index (χ2n) is 7.33. The number of pyridine rings is 1. The Hall–Kier alpha value is -2.20. The van der Waals surface area contributed by atoms with Gasteiger partial charge in [0.2, 0.25) is 0 Å². The first-order chi connectivity index (χ1) is 12.8. The van der Waals surface area contributed by atoms with Gasteiger partial charge in [-0.2, -0.15) is 0 Å². The van der Waals surface area contributed by atoms with Crippen molar-refractivity contribution in [2.75, 3.05) is 13.2 Å². The van der Waals surface area contributed by atoms with Gasteiger partial charge < -0.3 is 9.64 Å². The zero-order valence-electron chi connectivity index (χ0n) is 15.2. The first kappa shape index (κ1) is 17.2. The molecule has 1 fully saturated rings. The molecule has 4 rings (SSSR count). The zero-order valence-corrected chi connectivity index (χ0v) is 15.2. The van der Waals surface area contributed by atoms with E-state index in [1.54, 1.807) is 6.20 Å². The quantitative estimate of drug-likeness (QED) is 0.824. The average Bonchev–Trinajstić information content (AvgIpc) is 3.20. The second kappa shape index (κ2) is 8.00. The Bertz CT molecular complexity index is 754. The van der Waals surface area contributed by atoms with Crippen LogP contribution in [0.4, 0.5) is 0 Å². The molecule has 4 nitrogen and oxygen atoms in total. The van der Waals surface area contributed by atoms with Crippen LogP contribution in [0.25, 0.3) is 0 Å². The van der Waals surface area contributed by atoms with Crippen LogP contribution in [-0.2, 0) is 24.1 Å². The van der Waals surface area contributed by atoms with Crippen LogP contribution in [0.2, 0.25) is 0 Å². The number of hydrogen-bond acceptors (Lipinski definition) is 3. The van der Waals surface area contributed by atoms with Crippen molar-refractivity contribution in [3.05, 3.63) is 65.0 Å². The van der Waals surface area contributed by atoms with Gasteiger partial charge >= 0.3 is 0 Å². The van der Waals surface area contributed by atoms with Gasteiger partial charge in [-0.25, -0.2) is 0 Å². The Kier molecular flexibility index (Phi) is 5.30. The first-order valence-electron chi connectivity index (χ1n) is 9.72. The van der Waals surface area contributed by atoms with E-state index < -0.39 is 0 Å². The summed E-state index contributed by atoms with van der Waals surface area (Å²) in [7, 11) is 0. The molecule has 4 heteroatoms. The Morgan fingerprint density at radius 3 is 2.77 bits per heavy atom. The summed E-state index contributed by atoms with van der Waals surface area (Å²) in [6.07, 6.45) is 8.72. The van der Waals surface area contributed by atoms with E-state index in [2.05, 4.69) is 17.1 Å². The predicted molar refractivity (Wildman–Crippen MR) is 101 cm³/mol. The largest absolute Gasteiger partial charge is 0.376 e. The third-order valence-electron chi connectivity index (χ3n) is 5.41. The van der Waals surface area contributed by atoms with E-state index in [-0.39, 0.29) is 12.0 Å². The number of hydrogen-bond donors (Lipinski definition) is 0. The summed E-state index contributed by atoms with van der Waals surface area (Å²) < 4.78 is 5.78. The molecular weight excluding hydrogens is 324 g/mol. The first-order valence-corrected chi connectivity index (χ1v) is 9.72. The number of nitrogens with zero attached hydrogens (tertiary/aromatic N) is 2. The predicted octanol–water partition coefficient (Wildman–Crippen LogP) is 3.78. The van der Waals surface area contributed by atoms with E-state index >= 15 is 0 Å². The lowest BCUT2D eigenvalue weighted by molar-refractivity contribution is 0.0504. The fourth-order valence-electron chi connectivity index (χ4n) is 3.99. The van der Waals surface area contributed by atoms with Gasteiger partial charge in [0.15, 0.2) is 0 Å². The summed E-state index contributed by atoms with van der Waals surface area (Å²) in [5, 5.41) is 0. The molecule has 1 amide bonds. The smallest absolute Gasteiger partial charge is 0.254 e. The number of aromatic nitrogens is 1. The molecule has 0 N–H and O–H groups in total. The SMILES string of the molecule is O=C(c1ccc2c(c1)CCCC2)N(Cc1ccccn1)CC1CCCO1. The summed E-state index contributed by atoms with van der Waals surface area (Å²) in [5.41, 5.74) is 4.46. The highest BCUT2D eigenvalue weighted by Crippen LogP contribution is 2.24. The van der Waals surface area contributed by atoms with E-state index in [9.17, 15) is 4.79 Å². The normalized spacial score (nSPS) is 19.2. The maximum absolute atomic E-state index is 13.3. The second-order valence-corrected chi connectivity index (χ2v) is 7.33. The van der Waals surface area contributed by atoms with Gasteiger partial charge in [-0.1, -0.05) is 12.1 Å². The number of fused-ring (bicyclic) bond motifs is 1. The third-order valence-corrected chi connectivity index (χ3v) is 5.41. The van der Waals surface area contributed by atoms with Crippen LogP contribution in [0.3, 0.4) is 0 Å². The fourth-order valence-corrected chi connectivity index (χ4v) is 3.99. The number of carbonyl (C=O) groups is 1. The topological polar surface area (TPSA) is 42.4 Å². The third kappa shape index (κ3) is 3.96. The van der Waals surface area contributed by atoms with Crippen molar-refractivity contribution in [3.8, 4) is 0 Å². The highest BCUT2D eigenvalue weighted by atomic mass is 16.5.